The van der Waals surface area contributed by atoms with Crippen LogP contribution in [0.3, 0.4) is 0 Å². The van der Waals surface area contributed by atoms with Crippen LogP contribution in [0.5, 0.6) is 0 Å². The largest absolute Gasteiger partial charge is 0.469 e. The van der Waals surface area contributed by atoms with E-state index in [4.69, 9.17) is 4.74 Å². The van der Waals surface area contributed by atoms with Gasteiger partial charge in [0.1, 0.15) is 5.69 Å². The molecule has 8 heteroatoms. The number of ether oxygens (including phenoxy) is 1. The van der Waals surface area contributed by atoms with Gasteiger partial charge in [0, 0.05) is 41.0 Å². The van der Waals surface area contributed by atoms with Gasteiger partial charge in [0.15, 0.2) is 5.78 Å². The number of aromatic nitrogens is 4. The van der Waals surface area contributed by atoms with Gasteiger partial charge in [0.25, 0.3) is 5.56 Å². The van der Waals surface area contributed by atoms with Crippen LogP contribution in [-0.4, -0.2) is 38.4 Å². The van der Waals surface area contributed by atoms with Gasteiger partial charge in [0.05, 0.1) is 32.0 Å². The fraction of sp³-hybridized carbons (Fsp3) is 0.242. The van der Waals surface area contributed by atoms with E-state index in [9.17, 15) is 14.4 Å². The van der Waals surface area contributed by atoms with Crippen molar-refractivity contribution in [2.45, 2.75) is 45.1 Å². The second kappa shape index (κ2) is 13.0. The molecule has 0 saturated carbocycles. The molecule has 208 valence electrons. The molecular weight excluding hydrogens is 516 g/mol. The smallest absolute Gasteiger partial charge is 0.309 e. The lowest BCUT2D eigenvalue weighted by molar-refractivity contribution is -0.139. The highest BCUT2D eigenvalue weighted by Crippen LogP contribution is 2.21. The lowest BCUT2D eigenvalue weighted by atomic mass is 10.0. The maximum absolute atomic E-state index is 13.7. The van der Waals surface area contributed by atoms with Crippen LogP contribution in [0, 0.1) is 0 Å². The van der Waals surface area contributed by atoms with Gasteiger partial charge in [-0.1, -0.05) is 48.5 Å². The Balaban J connectivity index is 1.38. The maximum atomic E-state index is 13.7. The summed E-state index contributed by atoms with van der Waals surface area (Å²) < 4.78 is 6.33. The van der Waals surface area contributed by atoms with Gasteiger partial charge >= 0.3 is 5.97 Å². The SMILES string of the molecule is COC(=O)Cc1cccc(-c2cnc(CCCc3ccccc3)c(=O)n2CC(=O)CCc2cc3cnccc3[nH]2)c1. The number of nitrogens with one attached hydrogen (secondary N) is 1. The number of aromatic amines is 1. The number of carbonyl (C=O) groups excluding carboxylic acids is 2. The van der Waals surface area contributed by atoms with Gasteiger partial charge in [0.2, 0.25) is 0 Å². The van der Waals surface area contributed by atoms with Crippen molar-refractivity contribution in [2.24, 2.45) is 0 Å². The van der Waals surface area contributed by atoms with Crippen molar-refractivity contribution in [3.05, 3.63) is 118 Å². The molecule has 0 aliphatic heterocycles. The molecule has 0 amide bonds. The van der Waals surface area contributed by atoms with Gasteiger partial charge in [-0.05, 0) is 55.0 Å². The number of benzene rings is 2. The zero-order valence-electron chi connectivity index (χ0n) is 23.0. The number of fused-ring (bicyclic) bond motifs is 1. The Hall–Kier alpha value is -4.85. The normalized spacial score (nSPS) is 11.0. The van der Waals surface area contributed by atoms with Crippen LogP contribution in [0.25, 0.3) is 22.2 Å². The Kier molecular flexibility index (Phi) is 8.79. The summed E-state index contributed by atoms with van der Waals surface area (Å²) in [4.78, 5) is 50.8. The van der Waals surface area contributed by atoms with Crippen LogP contribution in [0.15, 0.2) is 90.1 Å². The van der Waals surface area contributed by atoms with Crippen LogP contribution < -0.4 is 5.56 Å². The topological polar surface area (TPSA) is 107 Å². The zero-order valence-corrected chi connectivity index (χ0v) is 23.0. The molecule has 0 radical (unpaired) electrons. The van der Waals surface area contributed by atoms with Crippen molar-refractivity contribution < 1.29 is 14.3 Å². The van der Waals surface area contributed by atoms with Crippen LogP contribution in [0.2, 0.25) is 0 Å². The quantitative estimate of drug-likeness (QED) is 0.223. The fourth-order valence-corrected chi connectivity index (χ4v) is 4.97. The number of methoxy groups -OCH3 is 1. The predicted molar refractivity (Wildman–Crippen MR) is 158 cm³/mol. The highest BCUT2D eigenvalue weighted by Gasteiger charge is 2.16. The monoisotopic (exact) mass is 548 g/mol. The molecule has 0 spiro atoms. The second-order valence-electron chi connectivity index (χ2n) is 10.1. The van der Waals surface area contributed by atoms with Gasteiger partial charge < -0.3 is 9.72 Å². The molecule has 5 aromatic rings. The number of rotatable bonds is 12. The number of ketones is 1. The third-order valence-corrected chi connectivity index (χ3v) is 7.13. The summed E-state index contributed by atoms with van der Waals surface area (Å²) in [5.74, 6) is -0.411. The molecule has 41 heavy (non-hydrogen) atoms. The average molecular weight is 549 g/mol. The predicted octanol–water partition coefficient (Wildman–Crippen LogP) is 4.88. The molecule has 3 heterocycles. The van der Waals surface area contributed by atoms with E-state index in [0.717, 1.165) is 35.0 Å². The highest BCUT2D eigenvalue weighted by molar-refractivity contribution is 5.81. The summed E-state index contributed by atoms with van der Waals surface area (Å²) in [6.07, 6.45) is 8.19. The van der Waals surface area contributed by atoms with E-state index in [1.54, 1.807) is 18.6 Å². The Morgan fingerprint density at radius 2 is 1.76 bits per heavy atom. The summed E-state index contributed by atoms with van der Waals surface area (Å²) >= 11 is 0. The number of nitrogens with zero attached hydrogens (tertiary/aromatic N) is 3. The van der Waals surface area contributed by atoms with Gasteiger partial charge in [-0.15, -0.1) is 0 Å². The molecule has 3 aromatic heterocycles. The second-order valence-corrected chi connectivity index (χ2v) is 10.1. The maximum Gasteiger partial charge on any atom is 0.309 e. The summed E-state index contributed by atoms with van der Waals surface area (Å²) in [5, 5.41) is 0.995. The number of carbonyl (C=O) groups is 2. The first-order valence-corrected chi connectivity index (χ1v) is 13.7. The van der Waals surface area contributed by atoms with Gasteiger partial charge in [-0.2, -0.15) is 0 Å². The Bertz CT molecular complexity index is 1690. The molecule has 0 atom stereocenters. The highest BCUT2D eigenvalue weighted by atomic mass is 16.5. The average Bonchev–Trinajstić information content (AvgIpc) is 3.42. The number of hydrogen-bond acceptors (Lipinski definition) is 6. The van der Waals surface area contributed by atoms with Crippen LogP contribution in [0.4, 0.5) is 0 Å². The molecule has 1 N–H and O–H groups in total. The van der Waals surface area contributed by atoms with E-state index in [1.807, 2.05) is 54.6 Å². The Labute approximate surface area is 238 Å². The summed E-state index contributed by atoms with van der Waals surface area (Å²) in [7, 11) is 1.35. The van der Waals surface area contributed by atoms with Crippen molar-refractivity contribution in [2.75, 3.05) is 7.11 Å². The van der Waals surface area contributed by atoms with Crippen molar-refractivity contribution in [1.82, 2.24) is 19.5 Å². The van der Waals surface area contributed by atoms with E-state index >= 15 is 0 Å². The minimum Gasteiger partial charge on any atom is -0.469 e. The minimum atomic E-state index is -0.352. The first-order valence-electron chi connectivity index (χ1n) is 13.7. The molecule has 0 saturated heterocycles. The van der Waals surface area contributed by atoms with Crippen LogP contribution in [-0.2, 0) is 46.6 Å². The lowest BCUT2D eigenvalue weighted by Crippen LogP contribution is -2.30. The first-order chi connectivity index (χ1) is 20.0. The molecule has 0 aliphatic carbocycles. The van der Waals surface area contributed by atoms with Crippen LogP contribution >= 0.6 is 0 Å². The van der Waals surface area contributed by atoms with E-state index in [-0.39, 0.29) is 36.7 Å². The first kappa shape index (κ1) is 27.7. The zero-order chi connectivity index (χ0) is 28.6. The molecular formula is C33H32N4O4. The lowest BCUT2D eigenvalue weighted by Gasteiger charge is -2.15. The third kappa shape index (κ3) is 7.03. The van der Waals surface area contributed by atoms with Crippen LogP contribution in [0.1, 0.15) is 35.4 Å². The van der Waals surface area contributed by atoms with E-state index in [0.29, 0.717) is 29.8 Å². The van der Waals surface area contributed by atoms with Crippen molar-refractivity contribution in [1.29, 1.82) is 0 Å². The number of Topliss-reactive ketones (excluding diaryl/α,β-unsaturated/α-hetero) is 1. The number of esters is 1. The molecule has 5 rings (SSSR count). The number of H-pyrrole nitrogens is 1. The minimum absolute atomic E-state index is 0.0581. The van der Waals surface area contributed by atoms with E-state index in [1.165, 1.54) is 17.2 Å². The molecule has 0 unspecified atom stereocenters. The van der Waals surface area contributed by atoms with Crippen molar-refractivity contribution >= 4 is 22.7 Å². The summed E-state index contributed by atoms with van der Waals surface area (Å²) in [6.45, 7) is -0.0641. The molecule has 2 aromatic carbocycles. The Morgan fingerprint density at radius 1 is 0.927 bits per heavy atom. The third-order valence-electron chi connectivity index (χ3n) is 7.13. The van der Waals surface area contributed by atoms with Crippen molar-refractivity contribution in [3.63, 3.8) is 0 Å². The van der Waals surface area contributed by atoms with Crippen molar-refractivity contribution in [3.8, 4) is 11.3 Å². The van der Waals surface area contributed by atoms with E-state index in [2.05, 4.69) is 27.1 Å². The standard InChI is InChI=1S/C33H32N4O4/c1-41-32(39)18-24-10-5-11-25(17-24)31-21-35-30(12-6-9-23-7-3-2-4-8-23)33(40)37(31)22-28(38)14-13-27-19-26-20-34-16-15-29(26)36-27/h2-5,7-8,10-11,15-17,19-21,36H,6,9,12-14,18,22H2,1H3. The molecule has 8 nitrogen and oxygen atoms in total. The number of aryl methyl sites for hydroxylation is 3. The molecule has 0 bridgehead atoms. The fourth-order valence-electron chi connectivity index (χ4n) is 4.97. The summed E-state index contributed by atoms with van der Waals surface area (Å²) in [6, 6.07) is 21.4. The Morgan fingerprint density at radius 3 is 2.56 bits per heavy atom. The molecule has 0 fully saturated rings. The summed E-state index contributed by atoms with van der Waals surface area (Å²) in [5.41, 5.74) is 5.30. The van der Waals surface area contributed by atoms with Gasteiger partial charge in [-0.3, -0.25) is 28.9 Å². The molecule has 0 aliphatic rings. The number of pyridine rings is 1. The van der Waals surface area contributed by atoms with E-state index < -0.39 is 0 Å². The van der Waals surface area contributed by atoms with Gasteiger partial charge in [-0.25, -0.2) is 0 Å². The number of hydrogen-bond donors (Lipinski definition) is 1.